The topological polar surface area (TPSA) is 48.7 Å². The molecule has 0 unspecified atom stereocenters. The molecule has 0 saturated heterocycles. The highest BCUT2D eigenvalue weighted by Crippen LogP contribution is 2.38. The molecule has 5 rings (SSSR count). The first-order valence-electron chi connectivity index (χ1n) is 7.50. The van der Waals surface area contributed by atoms with Gasteiger partial charge in [-0.2, -0.15) is 0 Å². The van der Waals surface area contributed by atoms with Crippen LogP contribution in [0.4, 0.5) is 0 Å². The lowest BCUT2D eigenvalue weighted by molar-refractivity contribution is 0.172. The molecule has 0 amide bonds. The van der Waals surface area contributed by atoms with Crippen LogP contribution in [0, 0.1) is 0 Å². The van der Waals surface area contributed by atoms with Gasteiger partial charge in [-0.05, 0) is 29.0 Å². The Morgan fingerprint density at radius 3 is 2.65 bits per heavy atom. The molecule has 0 saturated carbocycles. The van der Waals surface area contributed by atoms with E-state index in [9.17, 15) is 4.79 Å². The minimum absolute atomic E-state index is 0.0463. The summed E-state index contributed by atoms with van der Waals surface area (Å²) in [7, 11) is 0. The van der Waals surface area contributed by atoms with Crippen LogP contribution in [0.15, 0.2) is 57.7 Å². The van der Waals surface area contributed by atoms with Gasteiger partial charge in [0.15, 0.2) is 11.3 Å². The van der Waals surface area contributed by atoms with E-state index in [-0.39, 0.29) is 5.43 Å². The van der Waals surface area contributed by atoms with E-state index in [1.807, 2.05) is 36.4 Å². The van der Waals surface area contributed by atoms with Crippen LogP contribution in [-0.4, -0.2) is 13.2 Å². The largest absolute Gasteiger partial charge is 0.486 e. The summed E-state index contributed by atoms with van der Waals surface area (Å²) in [6.07, 6.45) is 0. The highest BCUT2D eigenvalue weighted by molar-refractivity contribution is 6.08. The maximum Gasteiger partial charge on any atom is 0.205 e. The minimum atomic E-state index is -0.0463. The smallest absolute Gasteiger partial charge is 0.205 e. The Morgan fingerprint density at radius 2 is 1.70 bits per heavy atom. The van der Waals surface area contributed by atoms with Crippen LogP contribution in [0.3, 0.4) is 0 Å². The molecule has 2 heterocycles. The van der Waals surface area contributed by atoms with Crippen LogP contribution in [0.1, 0.15) is 0 Å². The Morgan fingerprint density at radius 1 is 0.826 bits per heavy atom. The number of fused-ring (bicyclic) bond motifs is 6. The van der Waals surface area contributed by atoms with Crippen LogP contribution >= 0.6 is 0 Å². The fourth-order valence-corrected chi connectivity index (χ4v) is 3.19. The number of hydrogen-bond acceptors (Lipinski definition) is 4. The van der Waals surface area contributed by atoms with E-state index in [2.05, 4.69) is 0 Å². The SMILES string of the molecule is O=c1c2ccc3c(c2oc2ccc4ccccc4c12)OCCO3. The number of rotatable bonds is 0. The molecular formula is C19H12O4. The Labute approximate surface area is 130 Å². The van der Waals surface area contributed by atoms with E-state index in [4.69, 9.17) is 13.9 Å². The average Bonchev–Trinajstić information content (AvgIpc) is 2.61. The van der Waals surface area contributed by atoms with E-state index < -0.39 is 0 Å². The summed E-state index contributed by atoms with van der Waals surface area (Å²) in [5, 5.41) is 3.03. The number of benzene rings is 3. The molecule has 3 aromatic carbocycles. The van der Waals surface area contributed by atoms with Crippen molar-refractivity contribution in [3.05, 3.63) is 58.8 Å². The fraction of sp³-hybridized carbons (Fsp3) is 0.105. The second-order valence-corrected chi connectivity index (χ2v) is 5.56. The van der Waals surface area contributed by atoms with Crippen molar-refractivity contribution in [2.75, 3.05) is 13.2 Å². The van der Waals surface area contributed by atoms with Gasteiger partial charge in [-0.25, -0.2) is 0 Å². The summed E-state index contributed by atoms with van der Waals surface area (Å²) in [5.41, 5.74) is 0.966. The Bertz CT molecular complexity index is 1140. The van der Waals surface area contributed by atoms with Crippen molar-refractivity contribution in [1.82, 2.24) is 0 Å². The minimum Gasteiger partial charge on any atom is -0.486 e. The molecule has 0 atom stereocenters. The monoisotopic (exact) mass is 304 g/mol. The standard InChI is InChI=1S/C19H12O4/c20-17-13-6-8-15-19(22-10-9-21-15)18(13)23-14-7-5-11-3-1-2-4-12(11)16(14)17/h1-8H,9-10H2. The van der Waals surface area contributed by atoms with Crippen LogP contribution in [0.5, 0.6) is 11.5 Å². The first-order chi connectivity index (χ1) is 11.3. The Balaban J connectivity index is 2.01. The Kier molecular flexibility index (Phi) is 2.45. The van der Waals surface area contributed by atoms with Gasteiger partial charge in [0.25, 0.3) is 0 Å². The molecule has 0 spiro atoms. The first-order valence-corrected chi connectivity index (χ1v) is 7.50. The molecule has 4 nitrogen and oxygen atoms in total. The lowest BCUT2D eigenvalue weighted by Crippen LogP contribution is -2.16. The fourth-order valence-electron chi connectivity index (χ4n) is 3.19. The maximum atomic E-state index is 13.0. The van der Waals surface area contributed by atoms with Crippen molar-refractivity contribution in [1.29, 1.82) is 0 Å². The van der Waals surface area contributed by atoms with Gasteiger partial charge in [0.2, 0.25) is 11.2 Å². The van der Waals surface area contributed by atoms with Crippen LogP contribution in [0.2, 0.25) is 0 Å². The second kappa shape index (κ2) is 4.49. The van der Waals surface area contributed by atoms with E-state index in [1.54, 1.807) is 12.1 Å². The first kappa shape index (κ1) is 12.5. The molecule has 112 valence electrons. The van der Waals surface area contributed by atoms with Gasteiger partial charge < -0.3 is 13.9 Å². The summed E-state index contributed by atoms with van der Waals surface area (Å²) < 4.78 is 17.3. The third-order valence-electron chi connectivity index (χ3n) is 4.24. The number of hydrogen-bond donors (Lipinski definition) is 0. The predicted octanol–water partition coefficient (Wildman–Crippen LogP) is 3.87. The van der Waals surface area contributed by atoms with Crippen molar-refractivity contribution in [2.45, 2.75) is 0 Å². The molecule has 0 aliphatic carbocycles. The maximum absolute atomic E-state index is 13.0. The summed E-state index contributed by atoms with van der Waals surface area (Å²) in [6.45, 7) is 0.951. The lowest BCUT2D eigenvalue weighted by Gasteiger charge is -2.19. The molecule has 1 aliphatic rings. The van der Waals surface area contributed by atoms with Gasteiger partial charge in [-0.15, -0.1) is 0 Å². The van der Waals surface area contributed by atoms with Crippen molar-refractivity contribution >= 4 is 32.7 Å². The van der Waals surface area contributed by atoms with Crippen molar-refractivity contribution in [3.8, 4) is 11.5 Å². The van der Waals surface area contributed by atoms with Crippen molar-refractivity contribution in [3.63, 3.8) is 0 Å². The van der Waals surface area contributed by atoms with Gasteiger partial charge in [0.1, 0.15) is 18.8 Å². The highest BCUT2D eigenvalue weighted by Gasteiger charge is 2.20. The van der Waals surface area contributed by atoms with E-state index >= 15 is 0 Å². The van der Waals surface area contributed by atoms with E-state index in [1.165, 1.54) is 0 Å². The summed E-state index contributed by atoms with van der Waals surface area (Å²) >= 11 is 0. The average molecular weight is 304 g/mol. The second-order valence-electron chi connectivity index (χ2n) is 5.56. The Hall–Kier alpha value is -3.01. The van der Waals surface area contributed by atoms with Gasteiger partial charge >= 0.3 is 0 Å². The molecule has 0 radical (unpaired) electrons. The lowest BCUT2D eigenvalue weighted by atomic mass is 10.0. The zero-order chi connectivity index (χ0) is 15.4. The summed E-state index contributed by atoms with van der Waals surface area (Å²) in [5.74, 6) is 1.13. The van der Waals surface area contributed by atoms with Gasteiger partial charge in [-0.3, -0.25) is 4.79 Å². The third-order valence-corrected chi connectivity index (χ3v) is 4.24. The van der Waals surface area contributed by atoms with Gasteiger partial charge in [-0.1, -0.05) is 30.3 Å². The highest BCUT2D eigenvalue weighted by atomic mass is 16.6. The normalized spacial score (nSPS) is 13.7. The molecule has 0 bridgehead atoms. The zero-order valence-corrected chi connectivity index (χ0v) is 12.2. The molecule has 4 heteroatoms. The van der Waals surface area contributed by atoms with Gasteiger partial charge in [0.05, 0.1) is 10.8 Å². The third kappa shape index (κ3) is 1.69. The van der Waals surface area contributed by atoms with Crippen LogP contribution in [-0.2, 0) is 0 Å². The van der Waals surface area contributed by atoms with E-state index in [0.29, 0.717) is 46.7 Å². The molecule has 0 N–H and O–H groups in total. The molecule has 23 heavy (non-hydrogen) atoms. The van der Waals surface area contributed by atoms with Crippen molar-refractivity contribution < 1.29 is 13.9 Å². The van der Waals surface area contributed by atoms with E-state index in [0.717, 1.165) is 10.8 Å². The van der Waals surface area contributed by atoms with Crippen molar-refractivity contribution in [2.24, 2.45) is 0 Å². The van der Waals surface area contributed by atoms with Crippen LogP contribution in [0.25, 0.3) is 32.7 Å². The number of ether oxygens (including phenoxy) is 2. The quantitative estimate of drug-likeness (QED) is 0.365. The van der Waals surface area contributed by atoms with Crippen LogP contribution < -0.4 is 14.9 Å². The summed E-state index contributed by atoms with van der Waals surface area (Å²) in [6, 6.07) is 15.1. The molecule has 1 aliphatic heterocycles. The molecular weight excluding hydrogens is 292 g/mol. The molecule has 0 fully saturated rings. The zero-order valence-electron chi connectivity index (χ0n) is 12.2. The molecule has 1 aromatic heterocycles. The summed E-state index contributed by atoms with van der Waals surface area (Å²) in [4.78, 5) is 13.0. The molecule has 4 aromatic rings. The predicted molar refractivity (Wildman–Crippen MR) is 88.5 cm³/mol. The van der Waals surface area contributed by atoms with Gasteiger partial charge in [0, 0.05) is 0 Å².